The Kier molecular flexibility index (Phi) is 6.01. The number of aromatic nitrogens is 1. The summed E-state index contributed by atoms with van der Waals surface area (Å²) in [6, 6.07) is 27.2. The monoisotopic (exact) mass is 504 g/mol. The molecule has 0 radical (unpaired) electrons. The molecule has 2 aromatic heterocycles. The van der Waals surface area contributed by atoms with Gasteiger partial charge in [0.2, 0.25) is 0 Å². The Bertz CT molecular complexity index is 1630. The molecule has 1 atom stereocenters. The number of ether oxygens (including phenoxy) is 1. The average Bonchev–Trinajstić information content (AvgIpc) is 3.68. The molecule has 1 aliphatic heterocycles. The molecular formula is C31H24N2O5. The Labute approximate surface area is 218 Å². The first-order valence-electron chi connectivity index (χ1n) is 12.2. The first kappa shape index (κ1) is 23.4. The molecule has 1 unspecified atom stereocenters. The Morgan fingerprint density at radius 3 is 2.45 bits per heavy atom. The molecule has 6 rings (SSSR count). The van der Waals surface area contributed by atoms with E-state index < -0.39 is 17.7 Å². The number of Topliss-reactive ketones (excluding diaryl/α,β-unsaturated/α-hetero) is 1. The van der Waals surface area contributed by atoms with Crippen LogP contribution in [0.25, 0.3) is 16.7 Å². The van der Waals surface area contributed by atoms with Gasteiger partial charge in [-0.05, 0) is 41.5 Å². The topological polar surface area (TPSA) is 95.8 Å². The van der Waals surface area contributed by atoms with Gasteiger partial charge in [-0.3, -0.25) is 9.59 Å². The summed E-state index contributed by atoms with van der Waals surface area (Å²) in [7, 11) is 0. The summed E-state index contributed by atoms with van der Waals surface area (Å²) in [6.07, 6.45) is 3.17. The predicted molar refractivity (Wildman–Crippen MR) is 142 cm³/mol. The molecule has 5 aromatic rings. The molecule has 1 fully saturated rings. The second kappa shape index (κ2) is 9.78. The number of furan rings is 1. The van der Waals surface area contributed by atoms with Crippen molar-refractivity contribution in [3.8, 4) is 5.75 Å². The van der Waals surface area contributed by atoms with Gasteiger partial charge in [0.25, 0.3) is 11.7 Å². The third-order valence-electron chi connectivity index (χ3n) is 6.73. The number of aromatic amines is 1. The van der Waals surface area contributed by atoms with E-state index in [4.69, 9.17) is 9.15 Å². The Balaban J connectivity index is 1.39. The van der Waals surface area contributed by atoms with Crippen LogP contribution in [0.4, 0.5) is 0 Å². The van der Waals surface area contributed by atoms with Gasteiger partial charge in [0.05, 0.1) is 24.4 Å². The molecule has 38 heavy (non-hydrogen) atoms. The van der Waals surface area contributed by atoms with Crippen molar-refractivity contribution in [1.82, 2.24) is 9.88 Å². The maximum Gasteiger partial charge on any atom is 0.296 e. The minimum Gasteiger partial charge on any atom is -0.507 e. The van der Waals surface area contributed by atoms with Crippen LogP contribution < -0.4 is 4.74 Å². The molecule has 3 aromatic carbocycles. The zero-order chi connectivity index (χ0) is 26.1. The molecular weight excluding hydrogens is 480 g/mol. The summed E-state index contributed by atoms with van der Waals surface area (Å²) in [6.45, 7) is 0.497. The predicted octanol–water partition coefficient (Wildman–Crippen LogP) is 5.96. The number of carbonyl (C=O) groups excluding carboxylic acids is 2. The zero-order valence-electron chi connectivity index (χ0n) is 20.3. The van der Waals surface area contributed by atoms with Crippen LogP contribution in [0.3, 0.4) is 0 Å². The summed E-state index contributed by atoms with van der Waals surface area (Å²) in [5.74, 6) is -0.480. The standard InChI is InChI=1S/C31H24N2O5/c34-29(25-17-32-26-11-5-4-10-24(25)26)27-28(33(31(36)30(27)35)18-23-9-6-16-37-23)21-12-14-22(15-13-21)38-19-20-7-2-1-3-8-20/h1-17,28,32,34H,18-19H2/b29-27-. The fourth-order valence-corrected chi connectivity index (χ4v) is 4.86. The van der Waals surface area contributed by atoms with Crippen LogP contribution in [0.2, 0.25) is 0 Å². The van der Waals surface area contributed by atoms with E-state index in [0.717, 1.165) is 16.5 Å². The van der Waals surface area contributed by atoms with E-state index in [1.54, 1.807) is 30.5 Å². The van der Waals surface area contributed by atoms with Crippen molar-refractivity contribution in [2.45, 2.75) is 19.2 Å². The molecule has 3 heterocycles. The maximum atomic E-state index is 13.4. The fraction of sp³-hybridized carbons (Fsp3) is 0.0968. The van der Waals surface area contributed by atoms with Crippen LogP contribution >= 0.6 is 0 Å². The van der Waals surface area contributed by atoms with Crippen molar-refractivity contribution in [3.63, 3.8) is 0 Å². The Morgan fingerprint density at radius 2 is 1.68 bits per heavy atom. The van der Waals surface area contributed by atoms with Gasteiger partial charge < -0.3 is 24.1 Å². The largest absolute Gasteiger partial charge is 0.507 e. The summed E-state index contributed by atoms with van der Waals surface area (Å²) < 4.78 is 11.4. The number of amides is 1. The first-order valence-corrected chi connectivity index (χ1v) is 12.2. The van der Waals surface area contributed by atoms with Crippen molar-refractivity contribution in [3.05, 3.63) is 131 Å². The van der Waals surface area contributed by atoms with Crippen LogP contribution in [-0.2, 0) is 22.7 Å². The number of para-hydroxylation sites is 1. The van der Waals surface area contributed by atoms with Gasteiger partial charge in [-0.2, -0.15) is 0 Å². The number of benzene rings is 3. The highest BCUT2D eigenvalue weighted by Gasteiger charge is 2.46. The van der Waals surface area contributed by atoms with Gasteiger partial charge in [0.1, 0.15) is 23.9 Å². The van der Waals surface area contributed by atoms with Gasteiger partial charge in [-0.25, -0.2) is 0 Å². The van der Waals surface area contributed by atoms with E-state index in [1.807, 2.05) is 66.7 Å². The van der Waals surface area contributed by atoms with Crippen LogP contribution in [0.1, 0.15) is 28.5 Å². The van der Waals surface area contributed by atoms with E-state index in [2.05, 4.69) is 4.98 Å². The quantitative estimate of drug-likeness (QED) is 0.162. The number of aliphatic hydroxyl groups excluding tert-OH is 1. The number of carbonyl (C=O) groups is 2. The van der Waals surface area contributed by atoms with Crippen molar-refractivity contribution in [1.29, 1.82) is 0 Å². The number of ketones is 1. The number of hydrogen-bond acceptors (Lipinski definition) is 5. The minimum atomic E-state index is -0.808. The molecule has 0 saturated carbocycles. The number of H-pyrrole nitrogens is 1. The van der Waals surface area contributed by atoms with Gasteiger partial charge in [0, 0.05) is 22.7 Å². The molecule has 7 nitrogen and oxygen atoms in total. The van der Waals surface area contributed by atoms with Crippen LogP contribution in [0.5, 0.6) is 5.75 Å². The summed E-state index contributed by atoms with van der Waals surface area (Å²) in [5.41, 5.74) is 3.02. The van der Waals surface area contributed by atoms with Gasteiger partial charge in [0.15, 0.2) is 0 Å². The molecule has 1 saturated heterocycles. The third-order valence-corrected chi connectivity index (χ3v) is 6.73. The second-order valence-electron chi connectivity index (χ2n) is 9.10. The van der Waals surface area contributed by atoms with E-state index >= 15 is 0 Å². The van der Waals surface area contributed by atoms with Crippen LogP contribution in [0, 0.1) is 0 Å². The number of rotatable bonds is 7. The lowest BCUT2D eigenvalue weighted by atomic mass is 9.95. The number of likely N-dealkylation sites (tertiary alicyclic amines) is 1. The number of nitrogens with zero attached hydrogens (tertiary/aromatic N) is 1. The lowest BCUT2D eigenvalue weighted by molar-refractivity contribution is -0.140. The van der Waals surface area contributed by atoms with Gasteiger partial charge in [-0.15, -0.1) is 0 Å². The van der Waals surface area contributed by atoms with E-state index in [9.17, 15) is 14.7 Å². The SMILES string of the molecule is O=C1C(=O)N(Cc2ccco2)C(c2ccc(OCc3ccccc3)cc2)/C1=C(/O)c1c[nH]c2ccccc12. The molecule has 7 heteroatoms. The molecule has 0 spiro atoms. The fourth-order valence-electron chi connectivity index (χ4n) is 4.86. The molecule has 0 bridgehead atoms. The summed E-state index contributed by atoms with van der Waals surface area (Å²) >= 11 is 0. The van der Waals surface area contributed by atoms with Crippen LogP contribution in [0.15, 0.2) is 113 Å². The smallest absolute Gasteiger partial charge is 0.296 e. The lowest BCUT2D eigenvalue weighted by Gasteiger charge is -2.24. The van der Waals surface area contributed by atoms with Crippen LogP contribution in [-0.4, -0.2) is 26.7 Å². The highest BCUT2D eigenvalue weighted by Crippen LogP contribution is 2.41. The second-order valence-corrected chi connectivity index (χ2v) is 9.10. The maximum absolute atomic E-state index is 13.4. The van der Waals surface area contributed by atoms with Crippen molar-refractivity contribution < 1.29 is 23.8 Å². The summed E-state index contributed by atoms with van der Waals surface area (Å²) in [4.78, 5) is 31.2. The molecule has 0 aliphatic carbocycles. The van der Waals surface area contributed by atoms with E-state index in [1.165, 1.54) is 11.2 Å². The highest BCUT2D eigenvalue weighted by molar-refractivity contribution is 6.46. The number of aliphatic hydroxyl groups is 1. The Hall–Kier alpha value is -5.04. The minimum absolute atomic E-state index is 0.0317. The lowest BCUT2D eigenvalue weighted by Crippen LogP contribution is -2.29. The number of hydrogen-bond donors (Lipinski definition) is 2. The summed E-state index contributed by atoms with van der Waals surface area (Å²) in [5, 5.41) is 12.2. The average molecular weight is 505 g/mol. The third kappa shape index (κ3) is 4.24. The number of fused-ring (bicyclic) bond motifs is 1. The van der Waals surface area contributed by atoms with Gasteiger partial charge >= 0.3 is 0 Å². The highest BCUT2D eigenvalue weighted by atomic mass is 16.5. The Morgan fingerprint density at radius 1 is 0.921 bits per heavy atom. The van der Waals surface area contributed by atoms with Crippen molar-refractivity contribution in [2.75, 3.05) is 0 Å². The first-order chi connectivity index (χ1) is 18.6. The molecule has 1 amide bonds. The number of nitrogens with one attached hydrogen (secondary N) is 1. The van der Waals surface area contributed by atoms with Crippen molar-refractivity contribution >= 4 is 28.4 Å². The van der Waals surface area contributed by atoms with Gasteiger partial charge in [-0.1, -0.05) is 60.7 Å². The normalized spacial score (nSPS) is 16.8. The van der Waals surface area contributed by atoms with Crippen molar-refractivity contribution in [2.24, 2.45) is 0 Å². The van der Waals surface area contributed by atoms with E-state index in [0.29, 0.717) is 29.2 Å². The molecule has 1 aliphatic rings. The molecule has 188 valence electrons. The van der Waals surface area contributed by atoms with E-state index in [-0.39, 0.29) is 17.9 Å². The zero-order valence-corrected chi connectivity index (χ0v) is 20.3. The molecule has 2 N–H and O–H groups in total.